The van der Waals surface area contributed by atoms with Gasteiger partial charge < -0.3 is 14.7 Å². The summed E-state index contributed by atoms with van der Waals surface area (Å²) in [6.07, 6.45) is 8.49. The van der Waals surface area contributed by atoms with Crippen LogP contribution in [0.25, 0.3) is 0 Å². The van der Waals surface area contributed by atoms with Gasteiger partial charge in [-0.3, -0.25) is 9.69 Å². The lowest BCUT2D eigenvalue weighted by molar-refractivity contribution is -0.170. The molecule has 3 fully saturated rings. The minimum atomic E-state index is -0.868. The summed E-state index contributed by atoms with van der Waals surface area (Å²) in [5, 5.41) is 10.3. The maximum Gasteiger partial charge on any atom is 0.411 e. The highest BCUT2D eigenvalue weighted by Gasteiger charge is 2.64. The molecule has 0 radical (unpaired) electrons. The Labute approximate surface area is 171 Å². The zero-order valence-electron chi connectivity index (χ0n) is 17.2. The van der Waals surface area contributed by atoms with Gasteiger partial charge in [-0.25, -0.2) is 14.8 Å². The fraction of sp³-hybridized carbons (Fsp3) is 0.714. The van der Waals surface area contributed by atoms with Gasteiger partial charge in [0.25, 0.3) is 5.91 Å². The number of rotatable bonds is 4. The van der Waals surface area contributed by atoms with E-state index in [1.807, 2.05) is 6.92 Å². The van der Waals surface area contributed by atoms with Crippen LogP contribution in [0.15, 0.2) is 18.5 Å². The maximum absolute atomic E-state index is 13.4. The molecule has 8 nitrogen and oxygen atoms in total. The molecule has 1 N–H and O–H groups in total. The van der Waals surface area contributed by atoms with Crippen LogP contribution in [0.2, 0.25) is 0 Å². The van der Waals surface area contributed by atoms with Crippen molar-refractivity contribution in [2.45, 2.75) is 88.6 Å². The Hall–Kier alpha value is -2.22. The Morgan fingerprint density at radius 3 is 2.55 bits per heavy atom. The van der Waals surface area contributed by atoms with Crippen molar-refractivity contribution in [3.05, 3.63) is 24.3 Å². The Kier molecular flexibility index (Phi) is 5.46. The number of aromatic nitrogens is 2. The lowest BCUT2D eigenvalue weighted by Crippen LogP contribution is -2.74. The highest BCUT2D eigenvalue weighted by molar-refractivity contribution is 5.96. The molecule has 1 aromatic heterocycles. The number of ether oxygens (including phenoxy) is 1. The first-order chi connectivity index (χ1) is 13.9. The molecule has 4 rings (SSSR count). The topological polar surface area (TPSA) is 95.9 Å². The first-order valence-electron chi connectivity index (χ1n) is 10.7. The molecule has 3 aliphatic rings. The van der Waals surface area contributed by atoms with Crippen molar-refractivity contribution in [3.8, 4) is 0 Å². The van der Waals surface area contributed by atoms with Crippen LogP contribution in [0, 0.1) is 0 Å². The van der Waals surface area contributed by atoms with Crippen molar-refractivity contribution in [2.24, 2.45) is 0 Å². The number of carbonyl (C=O) groups is 2. The van der Waals surface area contributed by atoms with Crippen molar-refractivity contribution in [2.75, 3.05) is 6.54 Å². The summed E-state index contributed by atoms with van der Waals surface area (Å²) >= 11 is 0. The van der Waals surface area contributed by atoms with Gasteiger partial charge in [-0.1, -0.05) is 6.42 Å². The van der Waals surface area contributed by atoms with E-state index in [0.29, 0.717) is 18.8 Å². The second kappa shape index (κ2) is 7.89. The fourth-order valence-corrected chi connectivity index (χ4v) is 5.12. The Balaban J connectivity index is 1.51. The number of hydrogen-bond acceptors (Lipinski definition) is 6. The zero-order valence-corrected chi connectivity index (χ0v) is 17.2. The van der Waals surface area contributed by atoms with Crippen LogP contribution >= 0.6 is 0 Å². The molecule has 2 saturated heterocycles. The van der Waals surface area contributed by atoms with Crippen LogP contribution in [0.4, 0.5) is 4.79 Å². The van der Waals surface area contributed by atoms with Gasteiger partial charge in [0.05, 0.1) is 12.6 Å². The molecular weight excluding hydrogens is 372 g/mol. The molecular formula is C21H30N4O4. The molecule has 2 aliphatic heterocycles. The number of β-lactam (4-membered cyclic amide) rings is 1. The van der Waals surface area contributed by atoms with E-state index >= 15 is 0 Å². The number of hydrogen-bond donors (Lipinski definition) is 1. The zero-order chi connectivity index (χ0) is 20.6. The van der Waals surface area contributed by atoms with Crippen molar-refractivity contribution < 1.29 is 19.4 Å². The third-order valence-electron chi connectivity index (χ3n) is 6.63. The summed E-state index contributed by atoms with van der Waals surface area (Å²) in [6.45, 7) is 3.97. The van der Waals surface area contributed by atoms with Gasteiger partial charge >= 0.3 is 6.09 Å². The largest absolute Gasteiger partial charge is 0.446 e. The highest BCUT2D eigenvalue weighted by atomic mass is 16.6. The predicted molar refractivity (Wildman–Crippen MR) is 105 cm³/mol. The van der Waals surface area contributed by atoms with Crippen LogP contribution in [0.3, 0.4) is 0 Å². The monoisotopic (exact) mass is 402 g/mol. The quantitative estimate of drug-likeness (QED) is 0.777. The summed E-state index contributed by atoms with van der Waals surface area (Å²) in [6, 6.07) is 1.03. The lowest BCUT2D eigenvalue weighted by atomic mass is 9.83. The molecule has 4 unspecified atom stereocenters. The van der Waals surface area contributed by atoms with E-state index < -0.39 is 17.7 Å². The molecule has 1 saturated carbocycles. The van der Waals surface area contributed by atoms with Crippen LogP contribution in [-0.2, 0) is 9.53 Å². The van der Waals surface area contributed by atoms with Gasteiger partial charge in [0, 0.05) is 18.4 Å². The molecule has 3 heterocycles. The van der Waals surface area contributed by atoms with Gasteiger partial charge in [0.15, 0.2) is 5.82 Å². The van der Waals surface area contributed by atoms with Crippen LogP contribution in [-0.4, -0.2) is 67.2 Å². The van der Waals surface area contributed by atoms with Crippen LogP contribution in [0.5, 0.6) is 0 Å². The van der Waals surface area contributed by atoms with Crippen LogP contribution < -0.4 is 0 Å². The summed E-state index contributed by atoms with van der Waals surface area (Å²) < 4.78 is 5.80. The van der Waals surface area contributed by atoms with Gasteiger partial charge in [-0.15, -0.1) is 0 Å². The number of aliphatic hydroxyl groups is 1. The van der Waals surface area contributed by atoms with E-state index in [2.05, 4.69) is 9.97 Å². The lowest BCUT2D eigenvalue weighted by Gasteiger charge is -2.54. The Morgan fingerprint density at radius 2 is 1.93 bits per heavy atom. The minimum Gasteiger partial charge on any atom is -0.446 e. The average molecular weight is 402 g/mol. The standard InChI is InChI=1S/C21H30N4O4/c1-14-9-10-21(25(14)20(28)29-16-7-4-3-5-8-16)13-24(19(21)27)17(15(2)26)18-22-11-6-12-23-18/h6,11-12,14-17,26H,3-5,7-10,13H2,1-2H3. The second-order valence-electron chi connectivity index (χ2n) is 8.66. The van der Waals surface area contributed by atoms with E-state index in [-0.39, 0.29) is 24.1 Å². The van der Waals surface area contributed by atoms with E-state index in [1.54, 1.807) is 35.2 Å². The predicted octanol–water partition coefficient (Wildman–Crippen LogP) is 2.43. The first kappa shape index (κ1) is 20.1. The molecule has 2 amide bonds. The van der Waals surface area contributed by atoms with Gasteiger partial charge in [0.2, 0.25) is 0 Å². The Morgan fingerprint density at radius 1 is 1.24 bits per heavy atom. The normalized spacial score (nSPS) is 29.6. The van der Waals surface area contributed by atoms with Crippen molar-refractivity contribution in [3.63, 3.8) is 0 Å². The molecule has 0 aromatic carbocycles. The van der Waals surface area contributed by atoms with Gasteiger partial charge in [0.1, 0.15) is 17.7 Å². The number of nitrogens with zero attached hydrogens (tertiary/aromatic N) is 4. The SMILES string of the molecule is CC(O)C(c1ncccn1)N1CC2(CCC(C)N2C(=O)OC2CCCCC2)C1=O. The molecule has 1 spiro atoms. The first-order valence-corrected chi connectivity index (χ1v) is 10.7. The minimum absolute atomic E-state index is 0.0460. The highest BCUT2D eigenvalue weighted by Crippen LogP contribution is 2.46. The number of likely N-dealkylation sites (tertiary alicyclic amines) is 2. The average Bonchev–Trinajstić information content (AvgIpc) is 3.08. The number of carbonyl (C=O) groups excluding carboxylic acids is 2. The summed E-state index contributed by atoms with van der Waals surface area (Å²) in [4.78, 5) is 38.1. The van der Waals surface area contributed by atoms with E-state index in [9.17, 15) is 14.7 Å². The smallest absolute Gasteiger partial charge is 0.411 e. The van der Waals surface area contributed by atoms with Crippen molar-refractivity contribution in [1.29, 1.82) is 0 Å². The molecule has 4 atom stereocenters. The molecule has 158 valence electrons. The summed E-state index contributed by atoms with van der Waals surface area (Å²) in [5.41, 5.74) is -0.868. The van der Waals surface area contributed by atoms with Gasteiger partial charge in [-0.2, -0.15) is 0 Å². The van der Waals surface area contributed by atoms with Crippen molar-refractivity contribution in [1.82, 2.24) is 19.8 Å². The van der Waals surface area contributed by atoms with E-state index in [4.69, 9.17) is 4.74 Å². The molecule has 1 aliphatic carbocycles. The third kappa shape index (κ3) is 3.47. The molecule has 1 aromatic rings. The second-order valence-corrected chi connectivity index (χ2v) is 8.66. The van der Waals surface area contributed by atoms with Gasteiger partial charge in [-0.05, 0) is 58.4 Å². The number of aliphatic hydroxyl groups excluding tert-OH is 1. The number of amides is 2. The summed E-state index contributed by atoms with van der Waals surface area (Å²) in [5.74, 6) is 0.258. The van der Waals surface area contributed by atoms with E-state index in [0.717, 1.165) is 32.1 Å². The van der Waals surface area contributed by atoms with Crippen LogP contribution in [0.1, 0.15) is 70.7 Å². The maximum atomic E-state index is 13.4. The van der Waals surface area contributed by atoms with E-state index in [1.165, 1.54) is 6.42 Å². The fourth-order valence-electron chi connectivity index (χ4n) is 5.12. The molecule has 29 heavy (non-hydrogen) atoms. The third-order valence-corrected chi connectivity index (χ3v) is 6.63. The molecule has 0 bridgehead atoms. The molecule has 8 heteroatoms. The Bertz CT molecular complexity index is 752. The van der Waals surface area contributed by atoms with Crippen molar-refractivity contribution >= 4 is 12.0 Å². The summed E-state index contributed by atoms with van der Waals surface area (Å²) in [7, 11) is 0.